The fourth-order valence-corrected chi connectivity index (χ4v) is 2.85. The number of H-pyrrole nitrogens is 2. The Morgan fingerprint density at radius 3 is 2.76 bits per heavy atom. The molecule has 3 N–H and O–H groups in total. The number of aromatic amines is 2. The molecular formula is C17H11ClFN3O3. The van der Waals surface area contributed by atoms with Gasteiger partial charge in [0.05, 0.1) is 5.52 Å². The van der Waals surface area contributed by atoms with Crippen LogP contribution in [0.25, 0.3) is 22.0 Å². The maximum absolute atomic E-state index is 13.9. The lowest BCUT2D eigenvalue weighted by atomic mass is 10.1. The first kappa shape index (κ1) is 15.5. The number of aromatic nitrogens is 2. The third-order valence-corrected chi connectivity index (χ3v) is 4.08. The van der Waals surface area contributed by atoms with Crippen LogP contribution in [0.2, 0.25) is 5.02 Å². The van der Waals surface area contributed by atoms with E-state index in [1.807, 2.05) is 0 Å². The van der Waals surface area contributed by atoms with Crippen LogP contribution < -0.4 is 16.6 Å². The quantitative estimate of drug-likeness (QED) is 0.523. The molecule has 0 aliphatic rings. The van der Waals surface area contributed by atoms with Crippen LogP contribution in [0.15, 0.2) is 50.4 Å². The summed E-state index contributed by atoms with van der Waals surface area (Å²) < 4.78 is 18.7. The first-order valence-electron chi connectivity index (χ1n) is 7.37. The summed E-state index contributed by atoms with van der Waals surface area (Å²) in [6.07, 6.45) is 0. The highest BCUT2D eigenvalue weighted by molar-refractivity contribution is 6.31. The summed E-state index contributed by atoms with van der Waals surface area (Å²) in [7, 11) is 0. The molecule has 0 unspecified atom stereocenters. The normalized spacial score (nSPS) is 11.3. The molecule has 0 bridgehead atoms. The molecule has 25 heavy (non-hydrogen) atoms. The number of benzene rings is 2. The summed E-state index contributed by atoms with van der Waals surface area (Å²) >= 11 is 5.97. The maximum Gasteiger partial charge on any atom is 0.417 e. The minimum atomic E-state index is -0.728. The lowest BCUT2D eigenvalue weighted by Gasteiger charge is -2.08. The molecule has 0 fully saturated rings. The van der Waals surface area contributed by atoms with Crippen molar-refractivity contribution < 1.29 is 8.81 Å². The van der Waals surface area contributed by atoms with Crippen molar-refractivity contribution >= 4 is 39.3 Å². The Kier molecular flexibility index (Phi) is 3.58. The number of anilines is 1. The summed E-state index contributed by atoms with van der Waals surface area (Å²) in [5, 5.41) is 4.33. The van der Waals surface area contributed by atoms with E-state index in [9.17, 15) is 14.0 Å². The first-order chi connectivity index (χ1) is 12.0. The van der Waals surface area contributed by atoms with Gasteiger partial charge in [0.2, 0.25) is 0 Å². The number of fused-ring (bicyclic) bond motifs is 2. The van der Waals surface area contributed by atoms with Crippen molar-refractivity contribution in [3.63, 3.8) is 0 Å². The largest absolute Gasteiger partial charge is 0.417 e. The van der Waals surface area contributed by atoms with Crippen molar-refractivity contribution in [2.24, 2.45) is 0 Å². The molecule has 0 atom stereocenters. The van der Waals surface area contributed by atoms with Crippen LogP contribution in [0.3, 0.4) is 0 Å². The molecule has 6 nitrogen and oxygen atoms in total. The average molecular weight is 360 g/mol. The Bertz CT molecular complexity index is 1230. The van der Waals surface area contributed by atoms with Crippen LogP contribution in [0, 0.1) is 5.82 Å². The van der Waals surface area contributed by atoms with Gasteiger partial charge in [-0.25, -0.2) is 9.18 Å². The SMILES string of the molecule is O=c1[nH]c2cc(NCc3cc4cc(Cl)ccc4[nH]c3=O)cc(F)c2o1. The summed E-state index contributed by atoms with van der Waals surface area (Å²) in [4.78, 5) is 28.5. The van der Waals surface area contributed by atoms with Gasteiger partial charge in [-0.05, 0) is 30.3 Å². The van der Waals surface area contributed by atoms with E-state index in [2.05, 4.69) is 15.3 Å². The first-order valence-corrected chi connectivity index (χ1v) is 7.75. The molecule has 0 saturated carbocycles. The van der Waals surface area contributed by atoms with Gasteiger partial charge in [-0.2, -0.15) is 0 Å². The number of hydrogen-bond acceptors (Lipinski definition) is 4. The number of nitrogens with one attached hydrogen (secondary N) is 3. The van der Waals surface area contributed by atoms with Crippen LogP contribution in [-0.4, -0.2) is 9.97 Å². The molecule has 0 aliphatic carbocycles. The molecule has 0 radical (unpaired) electrons. The van der Waals surface area contributed by atoms with E-state index in [1.54, 1.807) is 24.3 Å². The second kappa shape index (κ2) is 5.78. The van der Waals surface area contributed by atoms with Gasteiger partial charge < -0.3 is 14.7 Å². The van der Waals surface area contributed by atoms with Gasteiger partial charge in [-0.15, -0.1) is 0 Å². The van der Waals surface area contributed by atoms with E-state index in [-0.39, 0.29) is 23.2 Å². The van der Waals surface area contributed by atoms with Gasteiger partial charge >= 0.3 is 5.76 Å². The monoisotopic (exact) mass is 359 g/mol. The predicted molar refractivity (Wildman–Crippen MR) is 93.7 cm³/mol. The van der Waals surface area contributed by atoms with E-state index in [1.165, 1.54) is 12.1 Å². The van der Waals surface area contributed by atoms with Crippen LogP contribution in [0.5, 0.6) is 0 Å². The molecule has 0 saturated heterocycles. The van der Waals surface area contributed by atoms with Crippen molar-refractivity contribution in [1.29, 1.82) is 0 Å². The number of pyridine rings is 1. The minimum absolute atomic E-state index is 0.131. The van der Waals surface area contributed by atoms with E-state index in [0.29, 0.717) is 21.8 Å². The second-order valence-corrected chi connectivity index (χ2v) is 5.99. The summed E-state index contributed by atoms with van der Waals surface area (Å²) in [6.45, 7) is 0.171. The minimum Gasteiger partial charge on any atom is -0.405 e. The molecule has 2 heterocycles. The van der Waals surface area contributed by atoms with Gasteiger partial charge in [0, 0.05) is 39.8 Å². The molecule has 4 rings (SSSR count). The molecule has 2 aromatic heterocycles. The Morgan fingerprint density at radius 1 is 1.08 bits per heavy atom. The zero-order chi connectivity index (χ0) is 17.6. The molecular weight excluding hydrogens is 349 g/mol. The third kappa shape index (κ3) is 2.89. The number of oxazole rings is 1. The highest BCUT2D eigenvalue weighted by Crippen LogP contribution is 2.21. The van der Waals surface area contributed by atoms with Gasteiger partial charge in [-0.3, -0.25) is 9.78 Å². The zero-order valence-corrected chi connectivity index (χ0v) is 13.4. The molecule has 2 aromatic carbocycles. The lowest BCUT2D eigenvalue weighted by Crippen LogP contribution is -2.15. The van der Waals surface area contributed by atoms with Crippen LogP contribution >= 0.6 is 11.6 Å². The number of halogens is 2. The molecule has 126 valence electrons. The second-order valence-electron chi connectivity index (χ2n) is 5.56. The average Bonchev–Trinajstić information content (AvgIpc) is 2.94. The van der Waals surface area contributed by atoms with Crippen molar-refractivity contribution in [2.75, 3.05) is 5.32 Å². The maximum atomic E-state index is 13.9. The topological polar surface area (TPSA) is 90.9 Å². The smallest absolute Gasteiger partial charge is 0.405 e. The van der Waals surface area contributed by atoms with Crippen molar-refractivity contribution in [1.82, 2.24) is 9.97 Å². The van der Waals surface area contributed by atoms with E-state index in [0.717, 1.165) is 5.39 Å². The number of rotatable bonds is 3. The molecule has 0 spiro atoms. The molecule has 0 amide bonds. The predicted octanol–water partition coefficient (Wildman–Crippen LogP) is 3.37. The molecule has 0 aliphatic heterocycles. The van der Waals surface area contributed by atoms with Crippen molar-refractivity contribution in [3.05, 3.63) is 73.7 Å². The van der Waals surface area contributed by atoms with Gasteiger partial charge in [0.1, 0.15) is 0 Å². The van der Waals surface area contributed by atoms with E-state index < -0.39 is 11.6 Å². The van der Waals surface area contributed by atoms with Gasteiger partial charge in [-0.1, -0.05) is 11.6 Å². The van der Waals surface area contributed by atoms with Crippen LogP contribution in [0.4, 0.5) is 10.1 Å². The van der Waals surface area contributed by atoms with Gasteiger partial charge in [0.15, 0.2) is 11.4 Å². The number of hydrogen-bond donors (Lipinski definition) is 3. The highest BCUT2D eigenvalue weighted by Gasteiger charge is 2.10. The van der Waals surface area contributed by atoms with Crippen LogP contribution in [-0.2, 0) is 6.54 Å². The third-order valence-electron chi connectivity index (χ3n) is 3.84. The Balaban J connectivity index is 1.67. The summed E-state index contributed by atoms with van der Waals surface area (Å²) in [6, 6.07) is 9.64. The summed E-state index contributed by atoms with van der Waals surface area (Å²) in [5.41, 5.74) is 1.42. The molecule has 8 heteroatoms. The van der Waals surface area contributed by atoms with Crippen molar-refractivity contribution in [3.8, 4) is 0 Å². The lowest BCUT2D eigenvalue weighted by molar-refractivity contribution is 0.523. The molecule has 4 aromatic rings. The van der Waals surface area contributed by atoms with E-state index >= 15 is 0 Å². The summed E-state index contributed by atoms with van der Waals surface area (Å²) in [5.74, 6) is -1.40. The fraction of sp³-hybridized carbons (Fsp3) is 0.0588. The Hall–Kier alpha value is -3.06. The zero-order valence-electron chi connectivity index (χ0n) is 12.7. The standard InChI is InChI=1S/C17H11ClFN3O3/c18-10-1-2-13-8(4-10)3-9(16(23)21-13)7-20-11-5-12(19)15-14(6-11)22-17(24)25-15/h1-6,20H,7H2,(H,21,23)(H,22,24). The Labute approximate surface area is 144 Å². The fourth-order valence-electron chi connectivity index (χ4n) is 2.67. The van der Waals surface area contributed by atoms with Crippen molar-refractivity contribution in [2.45, 2.75) is 6.54 Å². The highest BCUT2D eigenvalue weighted by atomic mass is 35.5. The van der Waals surface area contributed by atoms with Gasteiger partial charge in [0.25, 0.3) is 5.56 Å². The van der Waals surface area contributed by atoms with E-state index in [4.69, 9.17) is 16.0 Å². The van der Waals surface area contributed by atoms with Crippen LogP contribution in [0.1, 0.15) is 5.56 Å². The Morgan fingerprint density at radius 2 is 1.92 bits per heavy atom.